The fourth-order valence-corrected chi connectivity index (χ4v) is 4.81. The third-order valence-corrected chi connectivity index (χ3v) is 6.44. The highest BCUT2D eigenvalue weighted by Crippen LogP contribution is 2.53. The lowest BCUT2D eigenvalue weighted by Gasteiger charge is -2.34. The number of ether oxygens (including phenoxy) is 2. The van der Waals surface area contributed by atoms with E-state index in [0.29, 0.717) is 12.0 Å². The summed E-state index contributed by atoms with van der Waals surface area (Å²) in [4.78, 5) is 24.6. The molecule has 3 aliphatic rings. The lowest BCUT2D eigenvalue weighted by molar-refractivity contribution is -0.152. The maximum atomic E-state index is 12.3. The molecule has 1 N–H and O–H groups in total. The minimum atomic E-state index is -0.982. The van der Waals surface area contributed by atoms with Crippen LogP contribution in [-0.2, 0) is 19.1 Å². The molecular weight excluding hydrogens is 320 g/mol. The Morgan fingerprint density at radius 3 is 2.80 bits per heavy atom. The average molecular weight is 348 g/mol. The molecule has 1 aliphatic heterocycles. The molecular formula is C20H28O5. The molecule has 138 valence electrons. The molecule has 0 radical (unpaired) electrons. The van der Waals surface area contributed by atoms with Crippen LogP contribution in [-0.4, -0.2) is 34.9 Å². The minimum Gasteiger partial charge on any atom is -0.461 e. The molecule has 2 aliphatic carbocycles. The summed E-state index contributed by atoms with van der Waals surface area (Å²) in [7, 11) is 0. The Bertz CT molecular complexity index is 644. The zero-order chi connectivity index (χ0) is 18.5. The topological polar surface area (TPSA) is 72.8 Å². The molecule has 0 aromatic rings. The summed E-state index contributed by atoms with van der Waals surface area (Å²) in [5.74, 6) is -1.25. The van der Waals surface area contributed by atoms with Crippen molar-refractivity contribution in [3.8, 4) is 0 Å². The lowest BCUT2D eigenvalue weighted by atomic mass is 9.76. The zero-order valence-corrected chi connectivity index (χ0v) is 15.6. The van der Waals surface area contributed by atoms with Gasteiger partial charge < -0.3 is 14.6 Å². The largest absolute Gasteiger partial charge is 0.461 e. The van der Waals surface area contributed by atoms with E-state index < -0.39 is 17.7 Å². The van der Waals surface area contributed by atoms with E-state index in [2.05, 4.69) is 6.08 Å². The Hall–Kier alpha value is -1.62. The zero-order valence-electron chi connectivity index (χ0n) is 15.6. The molecule has 3 rings (SSSR count). The summed E-state index contributed by atoms with van der Waals surface area (Å²) in [6.45, 7) is 9.17. The number of esters is 2. The van der Waals surface area contributed by atoms with Crippen molar-refractivity contribution >= 4 is 11.9 Å². The first-order valence-electron chi connectivity index (χ1n) is 9.10. The molecule has 0 spiro atoms. The number of aliphatic hydroxyl groups is 1. The summed E-state index contributed by atoms with van der Waals surface area (Å²) in [6, 6.07) is 0. The standard InChI is InChI=1S/C20H28O5/c1-6-10(2)18(21)24-14-9-20(5,23)13-8-7-11(3)15(13)17-16(14)12(4)19(22)25-17/h6-7,12-17,23H,8-9H2,1-5H3. The molecule has 0 bridgehead atoms. The van der Waals surface area contributed by atoms with Gasteiger partial charge in [0.25, 0.3) is 0 Å². The van der Waals surface area contributed by atoms with E-state index >= 15 is 0 Å². The molecule has 2 fully saturated rings. The number of rotatable bonds is 2. The first-order valence-corrected chi connectivity index (χ1v) is 9.10. The number of hydrogen-bond donors (Lipinski definition) is 1. The summed E-state index contributed by atoms with van der Waals surface area (Å²) < 4.78 is 11.5. The molecule has 0 amide bonds. The number of carbonyl (C=O) groups is 2. The summed E-state index contributed by atoms with van der Waals surface area (Å²) in [6.07, 6.45) is 4.03. The number of carbonyl (C=O) groups excluding carboxylic acids is 2. The average Bonchev–Trinajstić information content (AvgIpc) is 3.03. The minimum absolute atomic E-state index is 0.0135. The number of hydrogen-bond acceptors (Lipinski definition) is 5. The van der Waals surface area contributed by atoms with E-state index in [-0.39, 0.29) is 35.7 Å². The summed E-state index contributed by atoms with van der Waals surface area (Å²) in [5, 5.41) is 11.1. The fraction of sp³-hybridized carbons (Fsp3) is 0.700. The molecule has 0 aromatic heterocycles. The Morgan fingerprint density at radius 2 is 2.16 bits per heavy atom. The van der Waals surface area contributed by atoms with Gasteiger partial charge in [0.1, 0.15) is 12.2 Å². The van der Waals surface area contributed by atoms with Crippen LogP contribution in [0.25, 0.3) is 0 Å². The van der Waals surface area contributed by atoms with Crippen molar-refractivity contribution in [1.29, 1.82) is 0 Å². The van der Waals surface area contributed by atoms with Crippen molar-refractivity contribution in [2.75, 3.05) is 0 Å². The predicted molar refractivity (Wildman–Crippen MR) is 92.4 cm³/mol. The highest BCUT2D eigenvalue weighted by molar-refractivity contribution is 5.87. The molecule has 25 heavy (non-hydrogen) atoms. The van der Waals surface area contributed by atoms with Gasteiger partial charge in [-0.25, -0.2) is 4.79 Å². The van der Waals surface area contributed by atoms with Gasteiger partial charge in [0.05, 0.1) is 11.5 Å². The first-order chi connectivity index (χ1) is 11.7. The molecule has 7 atom stereocenters. The van der Waals surface area contributed by atoms with Crippen LogP contribution in [0.5, 0.6) is 0 Å². The maximum Gasteiger partial charge on any atom is 0.333 e. The first kappa shape index (κ1) is 18.2. The van der Waals surface area contributed by atoms with Crippen molar-refractivity contribution < 1.29 is 24.2 Å². The lowest BCUT2D eigenvalue weighted by Crippen LogP contribution is -2.40. The highest BCUT2D eigenvalue weighted by Gasteiger charge is 2.59. The SMILES string of the molecule is CC=C(C)C(=O)OC1CC(C)(O)C2CC=C(C)C2C2OC(=O)C(C)C12. The van der Waals surface area contributed by atoms with Crippen LogP contribution in [0.2, 0.25) is 0 Å². The van der Waals surface area contributed by atoms with E-state index in [4.69, 9.17) is 9.47 Å². The van der Waals surface area contributed by atoms with Gasteiger partial charge in [0, 0.05) is 29.7 Å². The van der Waals surface area contributed by atoms with Crippen molar-refractivity contribution in [3.63, 3.8) is 0 Å². The van der Waals surface area contributed by atoms with E-state index in [1.165, 1.54) is 0 Å². The van der Waals surface area contributed by atoms with Crippen LogP contribution in [0.4, 0.5) is 0 Å². The Labute approximate surface area is 149 Å². The van der Waals surface area contributed by atoms with Crippen LogP contribution in [0, 0.1) is 23.7 Å². The Kier molecular flexibility index (Phi) is 4.56. The fourth-order valence-electron chi connectivity index (χ4n) is 4.81. The molecule has 1 heterocycles. The molecule has 7 unspecified atom stereocenters. The van der Waals surface area contributed by atoms with Crippen molar-refractivity contribution in [1.82, 2.24) is 0 Å². The normalized spacial score (nSPS) is 43.7. The van der Waals surface area contributed by atoms with Crippen LogP contribution in [0.15, 0.2) is 23.3 Å². The maximum absolute atomic E-state index is 12.3. The van der Waals surface area contributed by atoms with Gasteiger partial charge in [-0.2, -0.15) is 0 Å². The second-order valence-electron chi connectivity index (χ2n) is 8.06. The molecule has 1 saturated heterocycles. The molecule has 1 saturated carbocycles. The number of fused-ring (bicyclic) bond motifs is 3. The van der Waals surface area contributed by atoms with Crippen LogP contribution in [0.3, 0.4) is 0 Å². The highest BCUT2D eigenvalue weighted by atomic mass is 16.6. The van der Waals surface area contributed by atoms with E-state index in [9.17, 15) is 14.7 Å². The van der Waals surface area contributed by atoms with E-state index in [0.717, 1.165) is 12.0 Å². The second-order valence-corrected chi connectivity index (χ2v) is 8.06. The van der Waals surface area contributed by atoms with Crippen molar-refractivity contribution in [3.05, 3.63) is 23.3 Å². The summed E-state index contributed by atoms with van der Waals surface area (Å²) in [5.41, 5.74) is 0.692. The van der Waals surface area contributed by atoms with Gasteiger partial charge in [-0.3, -0.25) is 4.79 Å². The van der Waals surface area contributed by atoms with Gasteiger partial charge in [0.15, 0.2) is 0 Å². The van der Waals surface area contributed by atoms with Gasteiger partial charge in [0.2, 0.25) is 0 Å². The Morgan fingerprint density at radius 1 is 1.48 bits per heavy atom. The van der Waals surface area contributed by atoms with Crippen molar-refractivity contribution in [2.24, 2.45) is 23.7 Å². The van der Waals surface area contributed by atoms with Crippen LogP contribution in [0.1, 0.15) is 47.5 Å². The molecule has 5 heteroatoms. The summed E-state index contributed by atoms with van der Waals surface area (Å²) >= 11 is 0. The monoisotopic (exact) mass is 348 g/mol. The van der Waals surface area contributed by atoms with Gasteiger partial charge in [-0.05, 0) is 34.1 Å². The van der Waals surface area contributed by atoms with Gasteiger partial charge >= 0.3 is 11.9 Å². The molecule has 0 aromatic carbocycles. The molecule has 5 nitrogen and oxygen atoms in total. The van der Waals surface area contributed by atoms with Crippen LogP contribution < -0.4 is 0 Å². The van der Waals surface area contributed by atoms with Crippen molar-refractivity contribution in [2.45, 2.75) is 65.3 Å². The van der Waals surface area contributed by atoms with Gasteiger partial charge in [-0.15, -0.1) is 0 Å². The second kappa shape index (κ2) is 6.27. The smallest absolute Gasteiger partial charge is 0.333 e. The van der Waals surface area contributed by atoms with E-state index in [1.807, 2.05) is 20.8 Å². The quantitative estimate of drug-likeness (QED) is 0.472. The number of allylic oxidation sites excluding steroid dienone is 2. The third kappa shape index (κ3) is 2.92. The Balaban J connectivity index is 1.99. The van der Waals surface area contributed by atoms with Crippen LogP contribution >= 0.6 is 0 Å². The predicted octanol–water partition coefficient (Wildman–Crippen LogP) is 2.78. The third-order valence-electron chi connectivity index (χ3n) is 6.44. The van der Waals surface area contributed by atoms with E-state index in [1.54, 1.807) is 19.9 Å². The van der Waals surface area contributed by atoms with Gasteiger partial charge in [-0.1, -0.05) is 24.6 Å².